The Hall–Kier alpha value is -1.29. The van der Waals surface area contributed by atoms with Crippen LogP contribution in [0.25, 0.3) is 0 Å². The van der Waals surface area contributed by atoms with E-state index in [9.17, 15) is 0 Å². The molecule has 0 bridgehead atoms. The van der Waals surface area contributed by atoms with E-state index < -0.39 is 0 Å². The lowest BCUT2D eigenvalue weighted by molar-refractivity contribution is 0.332. The van der Waals surface area contributed by atoms with Crippen LogP contribution in [0, 0.1) is 12.8 Å². The molecule has 0 aromatic heterocycles. The normalized spacial score (nSPS) is 22.1. The van der Waals surface area contributed by atoms with Crippen molar-refractivity contribution in [3.8, 4) is 5.75 Å². The minimum absolute atomic E-state index is 0.502. The molecule has 1 aliphatic carbocycles. The fraction of sp³-hybridized carbons (Fsp3) is 0.562. The Bertz CT molecular complexity index is 468. The minimum atomic E-state index is 0.502. The molecule has 110 valence electrons. The lowest BCUT2D eigenvalue weighted by atomic mass is 9.87. The van der Waals surface area contributed by atoms with Crippen LogP contribution in [0.1, 0.15) is 38.2 Å². The molecule has 0 aliphatic heterocycles. The number of nitrogens with one attached hydrogen (secondary N) is 2. The summed E-state index contributed by atoms with van der Waals surface area (Å²) in [7, 11) is 1.68. The molecule has 1 fully saturated rings. The molecule has 0 amide bonds. The van der Waals surface area contributed by atoms with Crippen LogP contribution in [0.3, 0.4) is 0 Å². The minimum Gasteiger partial charge on any atom is -0.495 e. The van der Waals surface area contributed by atoms with E-state index in [1.807, 2.05) is 12.1 Å². The summed E-state index contributed by atoms with van der Waals surface area (Å²) >= 11 is 5.42. The largest absolute Gasteiger partial charge is 0.495 e. The Kier molecular flexibility index (Phi) is 5.24. The first-order chi connectivity index (χ1) is 9.58. The van der Waals surface area contributed by atoms with Gasteiger partial charge in [0, 0.05) is 6.04 Å². The van der Waals surface area contributed by atoms with Crippen LogP contribution in [0.4, 0.5) is 5.69 Å². The summed E-state index contributed by atoms with van der Waals surface area (Å²) in [5.41, 5.74) is 2.11. The van der Waals surface area contributed by atoms with Crippen LogP contribution in [-0.2, 0) is 0 Å². The highest BCUT2D eigenvalue weighted by molar-refractivity contribution is 7.80. The Morgan fingerprint density at radius 3 is 2.60 bits per heavy atom. The average molecular weight is 292 g/mol. The summed E-state index contributed by atoms with van der Waals surface area (Å²) in [5, 5.41) is 7.37. The van der Waals surface area contributed by atoms with Crippen molar-refractivity contribution in [3.05, 3.63) is 23.8 Å². The lowest BCUT2D eigenvalue weighted by Gasteiger charge is -2.28. The number of rotatable bonds is 3. The second kappa shape index (κ2) is 6.93. The van der Waals surface area contributed by atoms with E-state index in [0.717, 1.165) is 17.4 Å². The van der Waals surface area contributed by atoms with E-state index in [1.54, 1.807) is 7.11 Å². The summed E-state index contributed by atoms with van der Waals surface area (Å²) in [6.45, 7) is 4.38. The van der Waals surface area contributed by atoms with Crippen molar-refractivity contribution in [2.45, 2.75) is 45.6 Å². The van der Waals surface area contributed by atoms with E-state index in [-0.39, 0.29) is 0 Å². The van der Waals surface area contributed by atoms with Crippen LogP contribution in [-0.4, -0.2) is 18.3 Å². The second-order valence-electron chi connectivity index (χ2n) is 5.76. The van der Waals surface area contributed by atoms with Gasteiger partial charge in [0.2, 0.25) is 0 Å². The van der Waals surface area contributed by atoms with Gasteiger partial charge in [0.25, 0.3) is 0 Å². The third-order valence-corrected chi connectivity index (χ3v) is 4.17. The van der Waals surface area contributed by atoms with Gasteiger partial charge in [-0.25, -0.2) is 0 Å². The summed E-state index contributed by atoms with van der Waals surface area (Å²) in [6.07, 6.45) is 4.98. The predicted octanol–water partition coefficient (Wildman–Crippen LogP) is 3.87. The molecule has 0 unspecified atom stereocenters. The van der Waals surface area contributed by atoms with Crippen LogP contribution < -0.4 is 15.4 Å². The highest BCUT2D eigenvalue weighted by Gasteiger charge is 2.18. The number of aryl methyl sites for hydroxylation is 1. The highest BCUT2D eigenvalue weighted by Crippen LogP contribution is 2.26. The predicted molar refractivity (Wildman–Crippen MR) is 88.5 cm³/mol. The summed E-state index contributed by atoms with van der Waals surface area (Å²) in [4.78, 5) is 0. The molecule has 4 heteroatoms. The number of hydrogen-bond donors (Lipinski definition) is 2. The molecule has 0 saturated heterocycles. The van der Waals surface area contributed by atoms with Gasteiger partial charge in [-0.3, -0.25) is 0 Å². The van der Waals surface area contributed by atoms with Gasteiger partial charge in [0.15, 0.2) is 5.11 Å². The van der Waals surface area contributed by atoms with Crippen molar-refractivity contribution in [1.29, 1.82) is 0 Å². The Morgan fingerprint density at radius 2 is 1.95 bits per heavy atom. The SMILES string of the molecule is COc1ccc(C)cc1NC(=S)NC1CCC(C)CC1. The molecule has 0 heterocycles. The summed E-state index contributed by atoms with van der Waals surface area (Å²) in [5.74, 6) is 1.67. The molecule has 2 N–H and O–H groups in total. The van der Waals surface area contributed by atoms with Crippen LogP contribution in [0.5, 0.6) is 5.75 Å². The van der Waals surface area contributed by atoms with E-state index in [0.29, 0.717) is 11.2 Å². The highest BCUT2D eigenvalue weighted by atomic mass is 32.1. The zero-order valence-electron chi connectivity index (χ0n) is 12.5. The van der Waals surface area contributed by atoms with E-state index in [1.165, 1.54) is 31.2 Å². The van der Waals surface area contributed by atoms with E-state index in [4.69, 9.17) is 17.0 Å². The number of anilines is 1. The lowest BCUT2D eigenvalue weighted by Crippen LogP contribution is -2.39. The maximum Gasteiger partial charge on any atom is 0.171 e. The monoisotopic (exact) mass is 292 g/mol. The Labute approximate surface area is 127 Å². The van der Waals surface area contributed by atoms with Gasteiger partial charge in [0.05, 0.1) is 12.8 Å². The number of methoxy groups -OCH3 is 1. The van der Waals surface area contributed by atoms with Crippen molar-refractivity contribution < 1.29 is 4.74 Å². The van der Waals surface area contributed by atoms with Gasteiger partial charge >= 0.3 is 0 Å². The second-order valence-corrected chi connectivity index (χ2v) is 6.17. The first kappa shape index (κ1) is 15.1. The standard InChI is InChI=1S/C16H24N2OS/c1-11-4-7-13(8-5-11)17-16(20)18-14-10-12(2)6-9-15(14)19-3/h6,9-11,13H,4-5,7-8H2,1-3H3,(H2,17,18,20). The summed E-state index contributed by atoms with van der Waals surface area (Å²) in [6, 6.07) is 6.54. The van der Waals surface area contributed by atoms with Gasteiger partial charge in [0.1, 0.15) is 5.75 Å². The molecule has 1 aromatic rings. The molecule has 0 atom stereocenters. The molecule has 20 heavy (non-hydrogen) atoms. The van der Waals surface area contributed by atoms with Crippen molar-refractivity contribution >= 4 is 23.0 Å². The smallest absolute Gasteiger partial charge is 0.171 e. The van der Waals surface area contributed by atoms with Crippen molar-refractivity contribution in [2.24, 2.45) is 5.92 Å². The van der Waals surface area contributed by atoms with Crippen molar-refractivity contribution in [1.82, 2.24) is 5.32 Å². The number of thiocarbonyl (C=S) groups is 1. The van der Waals surface area contributed by atoms with Gasteiger partial charge in [-0.05, 0) is 68.4 Å². The fourth-order valence-electron chi connectivity index (χ4n) is 2.67. The van der Waals surface area contributed by atoms with E-state index >= 15 is 0 Å². The van der Waals surface area contributed by atoms with Gasteiger partial charge in [-0.15, -0.1) is 0 Å². The van der Waals surface area contributed by atoms with Gasteiger partial charge in [-0.1, -0.05) is 13.0 Å². The zero-order chi connectivity index (χ0) is 14.5. The number of ether oxygens (including phenoxy) is 1. The molecule has 1 aromatic carbocycles. The fourth-order valence-corrected chi connectivity index (χ4v) is 2.94. The number of benzene rings is 1. The van der Waals surface area contributed by atoms with E-state index in [2.05, 4.69) is 30.5 Å². The topological polar surface area (TPSA) is 33.3 Å². The molecule has 1 aliphatic rings. The molecule has 2 rings (SSSR count). The first-order valence-corrected chi connectivity index (χ1v) is 7.71. The quantitative estimate of drug-likeness (QED) is 0.829. The van der Waals surface area contributed by atoms with Crippen LogP contribution in [0.15, 0.2) is 18.2 Å². The average Bonchev–Trinajstić information content (AvgIpc) is 2.41. The Morgan fingerprint density at radius 1 is 1.25 bits per heavy atom. The molecular weight excluding hydrogens is 268 g/mol. The molecule has 0 radical (unpaired) electrons. The summed E-state index contributed by atoms with van der Waals surface area (Å²) < 4.78 is 5.36. The van der Waals surface area contributed by atoms with Gasteiger partial charge in [-0.2, -0.15) is 0 Å². The van der Waals surface area contributed by atoms with Crippen LogP contribution in [0.2, 0.25) is 0 Å². The third kappa shape index (κ3) is 4.10. The first-order valence-electron chi connectivity index (χ1n) is 7.30. The van der Waals surface area contributed by atoms with Crippen molar-refractivity contribution in [3.63, 3.8) is 0 Å². The Balaban J connectivity index is 1.92. The molecule has 0 spiro atoms. The maximum atomic E-state index is 5.42. The van der Waals surface area contributed by atoms with Crippen molar-refractivity contribution in [2.75, 3.05) is 12.4 Å². The van der Waals surface area contributed by atoms with Crippen LogP contribution >= 0.6 is 12.2 Å². The third-order valence-electron chi connectivity index (χ3n) is 3.95. The zero-order valence-corrected chi connectivity index (χ0v) is 13.3. The molecule has 3 nitrogen and oxygen atoms in total. The number of hydrogen-bond acceptors (Lipinski definition) is 2. The molecule has 1 saturated carbocycles. The van der Waals surface area contributed by atoms with Gasteiger partial charge < -0.3 is 15.4 Å². The molecular formula is C16H24N2OS. The maximum absolute atomic E-state index is 5.42.